The first-order chi connectivity index (χ1) is 8.53. The minimum Gasteiger partial charge on any atom is -0.338 e. The van der Waals surface area contributed by atoms with Gasteiger partial charge in [0.15, 0.2) is 0 Å². The van der Waals surface area contributed by atoms with Gasteiger partial charge in [0.25, 0.3) is 5.92 Å². The van der Waals surface area contributed by atoms with Crippen molar-refractivity contribution >= 4 is 5.95 Å². The van der Waals surface area contributed by atoms with Gasteiger partial charge in [-0.15, -0.1) is 6.42 Å². The lowest BCUT2D eigenvalue weighted by molar-refractivity contribution is -0.00596. The van der Waals surface area contributed by atoms with Crippen LogP contribution in [-0.4, -0.2) is 22.6 Å². The average Bonchev–Trinajstić information content (AvgIpc) is 2.63. The van der Waals surface area contributed by atoms with Crippen LogP contribution in [0.25, 0.3) is 0 Å². The van der Waals surface area contributed by atoms with Crippen LogP contribution in [0.4, 0.5) is 14.7 Å². The van der Waals surface area contributed by atoms with Gasteiger partial charge in [0.1, 0.15) is 11.4 Å². The lowest BCUT2D eigenvalue weighted by Crippen LogP contribution is -2.47. The van der Waals surface area contributed by atoms with E-state index in [1.807, 2.05) is 11.8 Å². The van der Waals surface area contributed by atoms with Crippen molar-refractivity contribution in [1.29, 1.82) is 0 Å². The van der Waals surface area contributed by atoms with Gasteiger partial charge in [-0.25, -0.2) is 9.97 Å². The Hall–Kier alpha value is -1.70. The van der Waals surface area contributed by atoms with Crippen LogP contribution >= 0.6 is 0 Å². The molecular weight excluding hydrogens is 236 g/mol. The molecule has 1 atom stereocenters. The number of terminal acetylenes is 1. The van der Waals surface area contributed by atoms with E-state index in [1.54, 1.807) is 0 Å². The molecule has 0 unspecified atom stereocenters. The van der Waals surface area contributed by atoms with E-state index in [4.69, 9.17) is 6.42 Å². The topological polar surface area (TPSA) is 29.0 Å². The van der Waals surface area contributed by atoms with Crippen LogP contribution < -0.4 is 4.90 Å². The molecule has 0 amide bonds. The zero-order chi connectivity index (χ0) is 12.9. The summed E-state index contributed by atoms with van der Waals surface area (Å²) >= 11 is 0. The molecule has 1 aliphatic carbocycles. The van der Waals surface area contributed by atoms with Gasteiger partial charge in [-0.3, -0.25) is 0 Å². The summed E-state index contributed by atoms with van der Waals surface area (Å²) in [5.74, 6) is -0.107. The van der Waals surface area contributed by atoms with Gasteiger partial charge >= 0.3 is 0 Å². The molecular formula is C13H13F2N3. The van der Waals surface area contributed by atoms with Crippen molar-refractivity contribution in [2.24, 2.45) is 0 Å². The Morgan fingerprint density at radius 1 is 1.44 bits per heavy atom. The number of hydrogen-bond acceptors (Lipinski definition) is 3. The van der Waals surface area contributed by atoms with E-state index in [-0.39, 0.29) is 18.5 Å². The van der Waals surface area contributed by atoms with Crippen molar-refractivity contribution in [1.82, 2.24) is 9.97 Å². The number of nitrogens with zero attached hydrogens (tertiary/aromatic N) is 3. The molecule has 18 heavy (non-hydrogen) atoms. The second kappa shape index (κ2) is 3.64. The van der Waals surface area contributed by atoms with Crippen molar-refractivity contribution in [3.05, 3.63) is 17.0 Å². The summed E-state index contributed by atoms with van der Waals surface area (Å²) in [5.41, 5.74) is 0.602. The van der Waals surface area contributed by atoms with Gasteiger partial charge < -0.3 is 4.90 Å². The molecule has 2 aliphatic rings. The van der Waals surface area contributed by atoms with Gasteiger partial charge in [0, 0.05) is 24.6 Å². The zero-order valence-electron chi connectivity index (χ0n) is 10.1. The van der Waals surface area contributed by atoms with Gasteiger partial charge in [-0.1, -0.05) is 0 Å². The molecule has 0 spiro atoms. The standard InChI is InChI=1S/C13H13F2N3/c1-3-10-9-4-6-13(14,15)11(9)17-12(16-10)18-7-5-8(18)2/h1,8H,4-7H2,2H3/t8-/m0/s1. The maximum atomic E-state index is 13.7. The highest BCUT2D eigenvalue weighted by molar-refractivity contribution is 5.48. The van der Waals surface area contributed by atoms with E-state index >= 15 is 0 Å². The summed E-state index contributed by atoms with van der Waals surface area (Å²) in [4.78, 5) is 10.2. The van der Waals surface area contributed by atoms with E-state index in [0.717, 1.165) is 13.0 Å². The van der Waals surface area contributed by atoms with Crippen LogP contribution in [0.3, 0.4) is 0 Å². The number of anilines is 1. The number of hydrogen-bond donors (Lipinski definition) is 0. The van der Waals surface area contributed by atoms with Crippen molar-refractivity contribution in [2.75, 3.05) is 11.4 Å². The average molecular weight is 249 g/mol. The Morgan fingerprint density at radius 3 is 2.78 bits per heavy atom. The third-order valence-electron chi connectivity index (χ3n) is 3.74. The Morgan fingerprint density at radius 2 is 2.22 bits per heavy atom. The molecule has 2 heterocycles. The SMILES string of the molecule is C#Cc1nc(N2CC[C@@H]2C)nc2c1CCC2(F)F. The summed E-state index contributed by atoms with van der Waals surface area (Å²) in [7, 11) is 0. The Labute approximate surface area is 104 Å². The highest BCUT2D eigenvalue weighted by atomic mass is 19.3. The smallest absolute Gasteiger partial charge is 0.290 e. The number of halogens is 2. The van der Waals surface area contributed by atoms with Crippen LogP contribution in [0.5, 0.6) is 0 Å². The van der Waals surface area contributed by atoms with Gasteiger partial charge in [0.2, 0.25) is 5.95 Å². The van der Waals surface area contributed by atoms with Crippen molar-refractivity contribution < 1.29 is 8.78 Å². The lowest BCUT2D eigenvalue weighted by atomic mass is 10.1. The zero-order valence-corrected chi connectivity index (χ0v) is 10.1. The van der Waals surface area contributed by atoms with Crippen LogP contribution in [-0.2, 0) is 12.3 Å². The third-order valence-corrected chi connectivity index (χ3v) is 3.74. The molecule has 1 saturated heterocycles. The second-order valence-electron chi connectivity index (χ2n) is 4.88. The van der Waals surface area contributed by atoms with Crippen molar-refractivity contribution in [3.63, 3.8) is 0 Å². The van der Waals surface area contributed by atoms with Gasteiger partial charge in [-0.2, -0.15) is 8.78 Å². The molecule has 3 rings (SSSR count). The number of alkyl halides is 2. The maximum Gasteiger partial charge on any atom is 0.290 e. The molecule has 1 aromatic heterocycles. The summed E-state index contributed by atoms with van der Waals surface area (Å²) in [6.07, 6.45) is 6.44. The minimum atomic E-state index is -2.87. The van der Waals surface area contributed by atoms with E-state index in [0.29, 0.717) is 23.2 Å². The highest BCUT2D eigenvalue weighted by Crippen LogP contribution is 2.42. The van der Waals surface area contributed by atoms with Crippen LogP contribution in [0.15, 0.2) is 0 Å². The molecule has 1 aromatic rings. The van der Waals surface area contributed by atoms with Gasteiger partial charge in [0.05, 0.1) is 0 Å². The first-order valence-corrected chi connectivity index (χ1v) is 6.05. The number of fused-ring (bicyclic) bond motifs is 1. The second-order valence-corrected chi connectivity index (χ2v) is 4.88. The first kappa shape index (κ1) is 11.4. The van der Waals surface area contributed by atoms with Crippen molar-refractivity contribution in [3.8, 4) is 12.3 Å². The Balaban J connectivity index is 2.12. The lowest BCUT2D eigenvalue weighted by Gasteiger charge is -2.39. The molecule has 94 valence electrons. The normalized spacial score (nSPS) is 24.3. The van der Waals surface area contributed by atoms with E-state index in [9.17, 15) is 8.78 Å². The maximum absolute atomic E-state index is 13.7. The molecule has 1 fully saturated rings. The van der Waals surface area contributed by atoms with E-state index in [1.165, 1.54) is 0 Å². The Bertz CT molecular complexity index is 548. The summed E-state index contributed by atoms with van der Waals surface area (Å²) < 4.78 is 27.5. The van der Waals surface area contributed by atoms with Crippen LogP contribution in [0.1, 0.15) is 36.7 Å². The fourth-order valence-corrected chi connectivity index (χ4v) is 2.47. The molecule has 0 N–H and O–H groups in total. The highest BCUT2D eigenvalue weighted by Gasteiger charge is 2.43. The quantitative estimate of drug-likeness (QED) is 0.714. The molecule has 0 aromatic carbocycles. The molecule has 0 radical (unpaired) electrons. The summed E-state index contributed by atoms with van der Waals surface area (Å²) in [6, 6.07) is 0.295. The molecule has 0 bridgehead atoms. The summed E-state index contributed by atoms with van der Waals surface area (Å²) in [5, 5.41) is 0. The number of rotatable bonds is 1. The third kappa shape index (κ3) is 1.48. The predicted octanol–water partition coefficient (Wildman–Crippen LogP) is 2.09. The largest absolute Gasteiger partial charge is 0.338 e. The summed E-state index contributed by atoms with van der Waals surface area (Å²) in [6.45, 7) is 2.82. The first-order valence-electron chi connectivity index (χ1n) is 6.05. The Kier molecular flexibility index (Phi) is 2.31. The van der Waals surface area contributed by atoms with E-state index in [2.05, 4.69) is 15.9 Å². The number of aromatic nitrogens is 2. The molecule has 0 saturated carbocycles. The fraction of sp³-hybridized carbons (Fsp3) is 0.538. The van der Waals surface area contributed by atoms with E-state index < -0.39 is 5.92 Å². The van der Waals surface area contributed by atoms with Gasteiger partial charge in [-0.05, 0) is 25.7 Å². The minimum absolute atomic E-state index is 0.167. The van der Waals surface area contributed by atoms with Crippen LogP contribution in [0, 0.1) is 12.3 Å². The molecule has 1 aliphatic heterocycles. The molecule has 5 heteroatoms. The molecule has 3 nitrogen and oxygen atoms in total. The van der Waals surface area contributed by atoms with Crippen LogP contribution in [0.2, 0.25) is 0 Å². The fourth-order valence-electron chi connectivity index (χ4n) is 2.47. The predicted molar refractivity (Wildman–Crippen MR) is 63.6 cm³/mol. The monoisotopic (exact) mass is 249 g/mol. The van der Waals surface area contributed by atoms with Crippen molar-refractivity contribution in [2.45, 2.75) is 38.2 Å².